The molecule has 0 N–H and O–H groups in total. The smallest absolute Gasteiger partial charge is 0.199 e. The fourth-order valence-corrected chi connectivity index (χ4v) is 2.73. The van der Waals surface area contributed by atoms with Crippen molar-refractivity contribution in [1.29, 1.82) is 0 Å². The van der Waals surface area contributed by atoms with Gasteiger partial charge in [-0.2, -0.15) is 0 Å². The number of ketones is 1. The molecule has 4 heteroatoms. The fourth-order valence-electron chi connectivity index (χ4n) is 2.73. The molecule has 0 saturated carbocycles. The van der Waals surface area contributed by atoms with Crippen LogP contribution in [0.1, 0.15) is 17.0 Å². The summed E-state index contributed by atoms with van der Waals surface area (Å²) in [7, 11) is 5.52. The maximum atomic E-state index is 12.7. The van der Waals surface area contributed by atoms with Crippen molar-refractivity contribution in [3.05, 3.63) is 54.3 Å². The number of hydrogen-bond acceptors (Lipinski definition) is 4. The summed E-state index contributed by atoms with van der Waals surface area (Å²) < 4.78 is 11.2. The molecule has 0 bridgehead atoms. The summed E-state index contributed by atoms with van der Waals surface area (Å²) in [6.07, 6.45) is 0.420. The quantitative estimate of drug-likeness (QED) is 0.636. The first-order valence-corrected chi connectivity index (χ1v) is 7.94. The lowest BCUT2D eigenvalue weighted by molar-refractivity contribution is 0.0948. The fraction of sp³-hybridized carbons (Fsp3) is 0.250. The van der Waals surface area contributed by atoms with Crippen molar-refractivity contribution in [2.45, 2.75) is 6.42 Å². The Hall–Kier alpha value is -2.59. The van der Waals surface area contributed by atoms with Crippen molar-refractivity contribution < 1.29 is 13.9 Å². The van der Waals surface area contributed by atoms with Gasteiger partial charge >= 0.3 is 0 Å². The van der Waals surface area contributed by atoms with Gasteiger partial charge in [0.15, 0.2) is 11.5 Å². The second-order valence-electron chi connectivity index (χ2n) is 6.01. The van der Waals surface area contributed by atoms with Gasteiger partial charge in [-0.1, -0.05) is 30.3 Å². The van der Waals surface area contributed by atoms with E-state index >= 15 is 0 Å². The largest absolute Gasteiger partial charge is 0.497 e. The molecule has 0 unspecified atom stereocenters. The van der Waals surface area contributed by atoms with Crippen molar-refractivity contribution in [3.8, 4) is 16.9 Å². The third-order valence-electron chi connectivity index (χ3n) is 4.00. The Labute approximate surface area is 141 Å². The van der Waals surface area contributed by atoms with Crippen LogP contribution < -0.4 is 4.74 Å². The molecule has 24 heavy (non-hydrogen) atoms. The zero-order chi connectivity index (χ0) is 17.1. The number of ether oxygens (including phenoxy) is 1. The Morgan fingerprint density at radius 3 is 2.54 bits per heavy atom. The Bertz CT molecular complexity index is 850. The molecule has 0 aliphatic rings. The van der Waals surface area contributed by atoms with Crippen molar-refractivity contribution in [3.63, 3.8) is 0 Å². The van der Waals surface area contributed by atoms with Crippen LogP contribution in [0.5, 0.6) is 5.75 Å². The highest BCUT2D eigenvalue weighted by molar-refractivity contribution is 6.09. The van der Waals surface area contributed by atoms with Crippen molar-refractivity contribution >= 4 is 16.8 Å². The number of fused-ring (bicyclic) bond motifs is 1. The third-order valence-corrected chi connectivity index (χ3v) is 4.00. The summed E-state index contributed by atoms with van der Waals surface area (Å²) in [5.41, 5.74) is 2.51. The highest BCUT2D eigenvalue weighted by atomic mass is 16.5. The van der Waals surface area contributed by atoms with E-state index in [1.807, 2.05) is 67.5 Å². The van der Waals surface area contributed by atoms with E-state index in [0.717, 1.165) is 16.5 Å². The number of carbonyl (C=O) groups excluding carboxylic acids is 1. The summed E-state index contributed by atoms with van der Waals surface area (Å²) in [5, 5.41) is 0.926. The molecule has 0 spiro atoms. The Morgan fingerprint density at radius 2 is 1.88 bits per heavy atom. The summed E-state index contributed by atoms with van der Waals surface area (Å²) in [5.74, 6) is 1.15. The number of rotatable bonds is 6. The maximum absolute atomic E-state index is 12.7. The zero-order valence-electron chi connectivity index (χ0n) is 14.2. The van der Waals surface area contributed by atoms with Gasteiger partial charge < -0.3 is 14.1 Å². The lowest BCUT2D eigenvalue weighted by Crippen LogP contribution is -2.16. The SMILES string of the molecule is COc1ccc2c(-c3ccccc3)c(C(=O)CCN(C)C)oc2c1. The van der Waals surface area contributed by atoms with Crippen LogP contribution in [0, 0.1) is 0 Å². The molecule has 0 saturated heterocycles. The summed E-state index contributed by atoms with van der Waals surface area (Å²) in [6, 6.07) is 15.5. The lowest BCUT2D eigenvalue weighted by atomic mass is 9.99. The number of carbonyl (C=O) groups is 1. The molecule has 0 fully saturated rings. The predicted octanol–water partition coefficient (Wildman–Crippen LogP) is 4.24. The molecule has 0 amide bonds. The van der Waals surface area contributed by atoms with Gasteiger partial charge in [0, 0.05) is 30.0 Å². The van der Waals surface area contributed by atoms with E-state index < -0.39 is 0 Å². The predicted molar refractivity (Wildman–Crippen MR) is 95.7 cm³/mol. The van der Waals surface area contributed by atoms with E-state index in [4.69, 9.17) is 9.15 Å². The van der Waals surface area contributed by atoms with Gasteiger partial charge in [-0.3, -0.25) is 4.79 Å². The first-order valence-electron chi connectivity index (χ1n) is 7.94. The number of benzene rings is 2. The number of nitrogens with zero attached hydrogens (tertiary/aromatic N) is 1. The summed E-state index contributed by atoms with van der Waals surface area (Å²) >= 11 is 0. The summed E-state index contributed by atoms with van der Waals surface area (Å²) in [6.45, 7) is 0.688. The van der Waals surface area contributed by atoms with Crippen LogP contribution in [-0.4, -0.2) is 38.4 Å². The van der Waals surface area contributed by atoms with Crippen LogP contribution in [0.2, 0.25) is 0 Å². The van der Waals surface area contributed by atoms with Gasteiger partial charge in [0.1, 0.15) is 11.3 Å². The van der Waals surface area contributed by atoms with Gasteiger partial charge in [-0.05, 0) is 31.8 Å². The van der Waals surface area contributed by atoms with Gasteiger partial charge in [0.2, 0.25) is 0 Å². The molecule has 1 heterocycles. The van der Waals surface area contributed by atoms with E-state index in [1.165, 1.54) is 0 Å². The molecule has 0 aliphatic carbocycles. The van der Waals surface area contributed by atoms with Gasteiger partial charge in [0.25, 0.3) is 0 Å². The van der Waals surface area contributed by atoms with E-state index in [2.05, 4.69) is 0 Å². The number of furan rings is 1. The molecule has 1 aromatic heterocycles. The number of hydrogen-bond donors (Lipinski definition) is 0. The Kier molecular flexibility index (Phi) is 4.67. The molecule has 3 rings (SSSR count). The average molecular weight is 323 g/mol. The summed E-state index contributed by atoms with van der Waals surface area (Å²) in [4.78, 5) is 14.7. The van der Waals surface area contributed by atoms with E-state index in [-0.39, 0.29) is 5.78 Å². The molecule has 124 valence electrons. The topological polar surface area (TPSA) is 42.7 Å². The normalized spacial score (nSPS) is 11.2. The van der Waals surface area contributed by atoms with Crippen LogP contribution in [0.15, 0.2) is 52.9 Å². The average Bonchev–Trinajstić information content (AvgIpc) is 2.98. The number of Topliss-reactive ketones (excluding diaryl/α,β-unsaturated/α-hetero) is 1. The van der Waals surface area contributed by atoms with Crippen LogP contribution in [0.25, 0.3) is 22.1 Å². The molecule has 0 aliphatic heterocycles. The van der Waals surface area contributed by atoms with Crippen molar-refractivity contribution in [2.75, 3.05) is 27.7 Å². The minimum absolute atomic E-state index is 0.0118. The van der Waals surface area contributed by atoms with Crippen molar-refractivity contribution in [2.24, 2.45) is 0 Å². The highest BCUT2D eigenvalue weighted by Gasteiger charge is 2.22. The Morgan fingerprint density at radius 1 is 1.12 bits per heavy atom. The molecule has 0 atom stereocenters. The van der Waals surface area contributed by atoms with Gasteiger partial charge in [-0.15, -0.1) is 0 Å². The van der Waals surface area contributed by atoms with Crippen LogP contribution in [0.3, 0.4) is 0 Å². The van der Waals surface area contributed by atoms with E-state index in [0.29, 0.717) is 30.1 Å². The zero-order valence-corrected chi connectivity index (χ0v) is 14.2. The minimum Gasteiger partial charge on any atom is -0.497 e. The van der Waals surface area contributed by atoms with E-state index in [1.54, 1.807) is 7.11 Å². The molecule has 4 nitrogen and oxygen atoms in total. The van der Waals surface area contributed by atoms with Gasteiger partial charge in [0.05, 0.1) is 7.11 Å². The van der Waals surface area contributed by atoms with Crippen molar-refractivity contribution in [1.82, 2.24) is 4.90 Å². The van der Waals surface area contributed by atoms with Crippen LogP contribution in [0.4, 0.5) is 0 Å². The second kappa shape index (κ2) is 6.89. The molecule has 0 radical (unpaired) electrons. The number of methoxy groups -OCH3 is 1. The Balaban J connectivity index is 2.14. The van der Waals surface area contributed by atoms with Crippen LogP contribution in [-0.2, 0) is 0 Å². The minimum atomic E-state index is 0.0118. The third kappa shape index (κ3) is 3.19. The lowest BCUT2D eigenvalue weighted by Gasteiger charge is -2.08. The molecule has 3 aromatic rings. The first-order chi connectivity index (χ1) is 11.6. The van der Waals surface area contributed by atoms with E-state index in [9.17, 15) is 4.79 Å². The second-order valence-corrected chi connectivity index (χ2v) is 6.01. The highest BCUT2D eigenvalue weighted by Crippen LogP contribution is 2.37. The van der Waals surface area contributed by atoms with Gasteiger partial charge in [-0.25, -0.2) is 0 Å². The monoisotopic (exact) mass is 323 g/mol. The molecular formula is C20H21NO3. The molecular weight excluding hydrogens is 302 g/mol. The molecule has 2 aromatic carbocycles. The standard InChI is InChI=1S/C20H21NO3/c1-21(2)12-11-17(22)20-19(14-7-5-4-6-8-14)16-10-9-15(23-3)13-18(16)24-20/h4-10,13H,11-12H2,1-3H3. The maximum Gasteiger partial charge on any atom is 0.199 e. The van der Waals surface area contributed by atoms with Crippen LogP contribution >= 0.6 is 0 Å². The first kappa shape index (κ1) is 16.3.